The molecule has 0 saturated carbocycles. The summed E-state index contributed by atoms with van der Waals surface area (Å²) in [4.78, 5) is 28.9. The van der Waals surface area contributed by atoms with Gasteiger partial charge in [-0.1, -0.05) is 36.4 Å². The molecule has 4 aromatic rings. The molecule has 0 saturated heterocycles. The number of amides is 1. The topological polar surface area (TPSA) is 86.1 Å². The number of benzene rings is 2. The van der Waals surface area contributed by atoms with Crippen molar-refractivity contribution in [2.24, 2.45) is 0 Å². The maximum Gasteiger partial charge on any atom is 0.276 e. The molecule has 4 rings (SSSR count). The van der Waals surface area contributed by atoms with E-state index < -0.39 is 5.91 Å². The summed E-state index contributed by atoms with van der Waals surface area (Å²) in [6.07, 6.45) is 1.59. The number of fused-ring (bicyclic) bond motifs is 1. The number of nitrogens with one attached hydrogen (secondary N) is 1. The van der Waals surface area contributed by atoms with E-state index in [2.05, 4.69) is 15.4 Å². The Morgan fingerprint density at radius 2 is 1.79 bits per heavy atom. The van der Waals surface area contributed by atoms with Gasteiger partial charge in [-0.3, -0.25) is 14.6 Å². The maximum atomic E-state index is 12.6. The smallest absolute Gasteiger partial charge is 0.276 e. The molecule has 7 nitrogen and oxygen atoms in total. The van der Waals surface area contributed by atoms with Crippen molar-refractivity contribution < 1.29 is 9.53 Å². The van der Waals surface area contributed by atoms with Gasteiger partial charge in [-0.25, -0.2) is 4.68 Å². The van der Waals surface area contributed by atoms with E-state index in [1.54, 1.807) is 6.20 Å². The number of aromatic nitrogens is 3. The first-order chi connectivity index (χ1) is 14.2. The van der Waals surface area contributed by atoms with Crippen molar-refractivity contribution >= 4 is 22.5 Å². The first-order valence-corrected chi connectivity index (χ1v) is 9.11. The molecule has 1 N–H and O–H groups in total. The summed E-state index contributed by atoms with van der Waals surface area (Å²) in [6.45, 7) is 0.489. The number of hydrogen-bond acceptors (Lipinski definition) is 5. The van der Waals surface area contributed by atoms with Crippen molar-refractivity contribution in [1.29, 1.82) is 0 Å². The molecule has 29 heavy (non-hydrogen) atoms. The number of rotatable bonds is 6. The van der Waals surface area contributed by atoms with Crippen molar-refractivity contribution in [3.8, 4) is 5.75 Å². The zero-order chi connectivity index (χ0) is 20.1. The van der Waals surface area contributed by atoms with E-state index in [1.165, 1.54) is 16.8 Å². The summed E-state index contributed by atoms with van der Waals surface area (Å²) in [5.41, 5.74) is 1.24. The molecule has 2 aromatic carbocycles. The van der Waals surface area contributed by atoms with Gasteiger partial charge >= 0.3 is 0 Å². The van der Waals surface area contributed by atoms with Crippen LogP contribution in [0.1, 0.15) is 10.5 Å². The lowest BCUT2D eigenvalue weighted by Gasteiger charge is -2.09. The molecule has 2 aromatic heterocycles. The van der Waals surface area contributed by atoms with Crippen molar-refractivity contribution in [3.63, 3.8) is 0 Å². The van der Waals surface area contributed by atoms with Crippen LogP contribution in [0.25, 0.3) is 10.9 Å². The quantitative estimate of drug-likeness (QED) is 0.550. The number of nitrogens with zero attached hydrogens (tertiary/aromatic N) is 3. The van der Waals surface area contributed by atoms with Crippen LogP contribution in [0.4, 0.5) is 5.69 Å². The zero-order valence-electron chi connectivity index (χ0n) is 15.5. The SMILES string of the molecule is O=C(Nc1cnc2ccccc2c1)c1ccc(=O)n(CCOc2ccccc2)n1. The van der Waals surface area contributed by atoms with Crippen LogP contribution in [-0.2, 0) is 6.54 Å². The average molecular weight is 386 g/mol. The van der Waals surface area contributed by atoms with Gasteiger partial charge in [-0.15, -0.1) is 0 Å². The molecule has 0 aliphatic rings. The molecule has 0 radical (unpaired) electrons. The second-order valence-corrected chi connectivity index (χ2v) is 6.31. The first-order valence-electron chi connectivity index (χ1n) is 9.11. The van der Waals surface area contributed by atoms with Crippen LogP contribution in [0.5, 0.6) is 5.75 Å². The Bertz CT molecular complexity index is 1210. The Balaban J connectivity index is 1.45. The van der Waals surface area contributed by atoms with Crippen LogP contribution in [0.3, 0.4) is 0 Å². The van der Waals surface area contributed by atoms with Crippen LogP contribution in [-0.4, -0.2) is 27.3 Å². The van der Waals surface area contributed by atoms with Crippen molar-refractivity contribution in [2.45, 2.75) is 6.54 Å². The minimum atomic E-state index is -0.417. The fourth-order valence-corrected chi connectivity index (χ4v) is 2.83. The lowest BCUT2D eigenvalue weighted by atomic mass is 10.2. The molecule has 0 bridgehead atoms. The van der Waals surface area contributed by atoms with Gasteiger partial charge in [-0.2, -0.15) is 5.10 Å². The summed E-state index contributed by atoms with van der Waals surface area (Å²) in [5, 5.41) is 7.84. The maximum absolute atomic E-state index is 12.6. The number of ether oxygens (including phenoxy) is 1. The van der Waals surface area contributed by atoms with Crippen molar-refractivity contribution in [2.75, 3.05) is 11.9 Å². The number of hydrogen-bond donors (Lipinski definition) is 1. The summed E-state index contributed by atoms with van der Waals surface area (Å²) < 4.78 is 6.81. The van der Waals surface area contributed by atoms with E-state index in [-0.39, 0.29) is 24.4 Å². The van der Waals surface area contributed by atoms with E-state index >= 15 is 0 Å². The Hall–Kier alpha value is -4.00. The second kappa shape index (κ2) is 8.35. The fourth-order valence-electron chi connectivity index (χ4n) is 2.83. The van der Waals surface area contributed by atoms with Gasteiger partial charge in [0.25, 0.3) is 11.5 Å². The predicted octanol–water partition coefficient (Wildman–Crippen LogP) is 3.12. The molecule has 144 valence electrons. The minimum Gasteiger partial charge on any atom is -0.492 e. The molecule has 0 atom stereocenters. The third-order valence-electron chi connectivity index (χ3n) is 4.26. The molecular formula is C22H18N4O3. The van der Waals surface area contributed by atoms with Crippen molar-refractivity contribution in [3.05, 3.63) is 95.0 Å². The van der Waals surface area contributed by atoms with Gasteiger partial charge in [0.15, 0.2) is 0 Å². The highest BCUT2D eigenvalue weighted by Crippen LogP contribution is 2.16. The van der Waals surface area contributed by atoms with Crippen molar-refractivity contribution in [1.82, 2.24) is 14.8 Å². The van der Waals surface area contributed by atoms with Gasteiger partial charge in [0, 0.05) is 11.5 Å². The van der Waals surface area contributed by atoms with Gasteiger partial charge < -0.3 is 10.1 Å². The zero-order valence-corrected chi connectivity index (χ0v) is 15.5. The van der Waals surface area contributed by atoms with E-state index in [0.717, 1.165) is 10.9 Å². The molecule has 1 amide bonds. The predicted molar refractivity (Wildman–Crippen MR) is 110 cm³/mol. The molecule has 0 aliphatic carbocycles. The average Bonchev–Trinajstić information content (AvgIpc) is 2.75. The molecule has 2 heterocycles. The van der Waals surface area contributed by atoms with Crippen LogP contribution < -0.4 is 15.6 Å². The number of para-hydroxylation sites is 2. The normalized spacial score (nSPS) is 10.6. The number of carbonyl (C=O) groups is 1. The third-order valence-corrected chi connectivity index (χ3v) is 4.26. The number of pyridine rings is 1. The van der Waals surface area contributed by atoms with Crippen LogP contribution in [0, 0.1) is 0 Å². The highest BCUT2D eigenvalue weighted by atomic mass is 16.5. The van der Waals surface area contributed by atoms with Crippen LogP contribution in [0.2, 0.25) is 0 Å². The summed E-state index contributed by atoms with van der Waals surface area (Å²) in [7, 11) is 0. The van der Waals surface area contributed by atoms with E-state index in [1.807, 2.05) is 60.7 Å². The third kappa shape index (κ3) is 4.47. The Morgan fingerprint density at radius 3 is 2.66 bits per heavy atom. The lowest BCUT2D eigenvalue weighted by Crippen LogP contribution is -2.28. The van der Waals surface area contributed by atoms with E-state index in [0.29, 0.717) is 11.4 Å². The van der Waals surface area contributed by atoms with Gasteiger partial charge in [0.1, 0.15) is 18.1 Å². The van der Waals surface area contributed by atoms with Gasteiger partial charge in [-0.05, 0) is 30.3 Å². The molecular weight excluding hydrogens is 368 g/mol. The summed E-state index contributed by atoms with van der Waals surface area (Å²) >= 11 is 0. The Labute approximate surface area is 166 Å². The van der Waals surface area contributed by atoms with Crippen LogP contribution in [0.15, 0.2) is 83.8 Å². The Morgan fingerprint density at radius 1 is 1.00 bits per heavy atom. The van der Waals surface area contributed by atoms with Crippen LogP contribution >= 0.6 is 0 Å². The van der Waals surface area contributed by atoms with Gasteiger partial charge in [0.2, 0.25) is 0 Å². The highest BCUT2D eigenvalue weighted by Gasteiger charge is 2.11. The molecule has 0 fully saturated rings. The minimum absolute atomic E-state index is 0.137. The van der Waals surface area contributed by atoms with E-state index in [9.17, 15) is 9.59 Å². The Kier molecular flexibility index (Phi) is 5.29. The first kappa shape index (κ1) is 18.4. The summed E-state index contributed by atoms with van der Waals surface area (Å²) in [5.74, 6) is 0.290. The number of carbonyl (C=O) groups excluding carboxylic acids is 1. The molecule has 0 aliphatic heterocycles. The molecule has 0 unspecified atom stereocenters. The standard InChI is InChI=1S/C22H18N4O3/c27-21-11-10-20(25-26(21)12-13-29-18-7-2-1-3-8-18)22(28)24-17-14-16-6-4-5-9-19(16)23-15-17/h1-11,14-15H,12-13H2,(H,24,28). The highest BCUT2D eigenvalue weighted by molar-refractivity contribution is 6.03. The lowest BCUT2D eigenvalue weighted by molar-refractivity contribution is 0.101. The second-order valence-electron chi connectivity index (χ2n) is 6.31. The fraction of sp³-hybridized carbons (Fsp3) is 0.0909. The van der Waals surface area contributed by atoms with Gasteiger partial charge in [0.05, 0.1) is 23.9 Å². The molecule has 0 spiro atoms. The monoisotopic (exact) mass is 386 g/mol. The largest absolute Gasteiger partial charge is 0.492 e. The van der Waals surface area contributed by atoms with E-state index in [4.69, 9.17) is 4.74 Å². The summed E-state index contributed by atoms with van der Waals surface area (Å²) in [6, 6.07) is 21.5. The molecule has 7 heteroatoms. The number of anilines is 1.